The highest BCUT2D eigenvalue weighted by atomic mass is 35.5. The molecule has 0 aliphatic heterocycles. The van der Waals surface area contributed by atoms with Crippen LogP contribution in [-0.2, 0) is 0 Å². The molecule has 0 aliphatic carbocycles. The average molecular weight is 263 g/mol. The van der Waals surface area contributed by atoms with Crippen LogP contribution in [-0.4, -0.2) is 17.7 Å². The van der Waals surface area contributed by atoms with E-state index in [2.05, 4.69) is 0 Å². The lowest BCUT2D eigenvalue weighted by atomic mass is 10.2. The molecule has 0 radical (unpaired) electrons. The fourth-order valence-corrected chi connectivity index (χ4v) is 1.32. The van der Waals surface area contributed by atoms with Crippen molar-refractivity contribution in [2.45, 2.75) is 0 Å². The van der Waals surface area contributed by atoms with Crippen LogP contribution in [0.5, 0.6) is 5.75 Å². The summed E-state index contributed by atoms with van der Waals surface area (Å²) in [4.78, 5) is 20.1. The number of phenolic OH excluding ortho intramolecular Hbond substituents is 1. The molecule has 2 rings (SSSR count). The summed E-state index contributed by atoms with van der Waals surface area (Å²) in [6.45, 7) is 0. The lowest BCUT2D eigenvalue weighted by Crippen LogP contribution is -1.77. The number of carbonyl (C=O) groups excluding carboxylic acids is 2. The Morgan fingerprint density at radius 2 is 1.50 bits per heavy atom. The van der Waals surface area contributed by atoms with E-state index in [1.165, 1.54) is 18.2 Å². The molecular formula is C14H11ClO3. The second-order valence-electron chi connectivity index (χ2n) is 3.36. The van der Waals surface area contributed by atoms with Gasteiger partial charge in [-0.25, -0.2) is 0 Å². The molecule has 0 heterocycles. The first-order chi connectivity index (χ1) is 8.67. The third kappa shape index (κ3) is 4.39. The summed E-state index contributed by atoms with van der Waals surface area (Å²) in [6, 6.07) is 13.4. The molecule has 0 atom stereocenters. The first-order valence-electron chi connectivity index (χ1n) is 5.11. The van der Waals surface area contributed by atoms with Gasteiger partial charge in [-0.15, -0.1) is 0 Å². The topological polar surface area (TPSA) is 54.4 Å². The Kier molecular flexibility index (Phi) is 5.61. The fourth-order valence-electron chi connectivity index (χ4n) is 1.13. The van der Waals surface area contributed by atoms with Gasteiger partial charge in [-0.1, -0.05) is 41.9 Å². The molecule has 0 aromatic heterocycles. The maximum absolute atomic E-state index is 10.1. The quantitative estimate of drug-likeness (QED) is 0.845. The van der Waals surface area contributed by atoms with Crippen molar-refractivity contribution in [3.05, 3.63) is 64.7 Å². The molecule has 0 spiro atoms. The smallest absolute Gasteiger partial charge is 0.150 e. The van der Waals surface area contributed by atoms with Crippen molar-refractivity contribution in [2.75, 3.05) is 0 Å². The Balaban J connectivity index is 0.000000184. The van der Waals surface area contributed by atoms with Gasteiger partial charge in [0.05, 0.1) is 5.02 Å². The number of phenols is 1. The summed E-state index contributed by atoms with van der Waals surface area (Å²) in [6.07, 6.45) is 1.51. The van der Waals surface area contributed by atoms with Crippen LogP contribution in [0, 0.1) is 0 Å². The summed E-state index contributed by atoms with van der Waals surface area (Å²) in [7, 11) is 0. The predicted octanol–water partition coefficient (Wildman–Crippen LogP) is 3.36. The SMILES string of the molecule is O=Cc1ccc(O)c(Cl)c1.O=Cc1ccccc1. The monoisotopic (exact) mass is 262 g/mol. The number of aldehydes is 2. The minimum atomic E-state index is -0.00716. The number of aromatic hydroxyl groups is 1. The van der Waals surface area contributed by atoms with Gasteiger partial charge in [0.2, 0.25) is 0 Å². The molecule has 0 aliphatic rings. The second kappa shape index (κ2) is 7.25. The maximum Gasteiger partial charge on any atom is 0.150 e. The number of hydrogen-bond acceptors (Lipinski definition) is 3. The van der Waals surface area contributed by atoms with Crippen LogP contribution in [0.4, 0.5) is 0 Å². The number of carbonyl (C=O) groups is 2. The van der Waals surface area contributed by atoms with Gasteiger partial charge >= 0.3 is 0 Å². The van der Waals surface area contributed by atoms with E-state index in [0.29, 0.717) is 11.8 Å². The van der Waals surface area contributed by atoms with Crippen molar-refractivity contribution in [2.24, 2.45) is 0 Å². The Morgan fingerprint density at radius 3 is 1.94 bits per heavy atom. The first-order valence-corrected chi connectivity index (χ1v) is 5.49. The van der Waals surface area contributed by atoms with Crippen molar-refractivity contribution >= 4 is 24.2 Å². The van der Waals surface area contributed by atoms with Gasteiger partial charge in [0.1, 0.15) is 18.3 Å². The zero-order chi connectivity index (χ0) is 13.4. The van der Waals surface area contributed by atoms with Crippen LogP contribution in [0.25, 0.3) is 0 Å². The van der Waals surface area contributed by atoms with Crippen LogP contribution in [0.1, 0.15) is 20.7 Å². The standard InChI is InChI=1S/C7H5ClO2.C7H6O/c8-6-3-5(4-9)1-2-7(6)10;8-6-7-4-2-1-3-5-7/h1-4,10H;1-6H. The molecule has 1 N–H and O–H groups in total. The van der Waals surface area contributed by atoms with Crippen LogP contribution in [0.3, 0.4) is 0 Å². The lowest BCUT2D eigenvalue weighted by molar-refractivity contribution is 0.111. The van der Waals surface area contributed by atoms with Crippen molar-refractivity contribution in [3.63, 3.8) is 0 Å². The Labute approximate surface area is 110 Å². The van der Waals surface area contributed by atoms with E-state index in [1.807, 2.05) is 18.2 Å². The minimum Gasteiger partial charge on any atom is -0.506 e. The van der Waals surface area contributed by atoms with E-state index in [4.69, 9.17) is 16.7 Å². The Morgan fingerprint density at radius 1 is 0.889 bits per heavy atom. The number of rotatable bonds is 2. The lowest BCUT2D eigenvalue weighted by Gasteiger charge is -1.94. The highest BCUT2D eigenvalue weighted by Gasteiger charge is 1.97. The number of benzene rings is 2. The third-order valence-electron chi connectivity index (χ3n) is 2.04. The van der Waals surface area contributed by atoms with Crippen molar-refractivity contribution in [1.29, 1.82) is 0 Å². The molecule has 0 saturated heterocycles. The zero-order valence-electron chi connectivity index (χ0n) is 9.42. The molecule has 4 heteroatoms. The normalized spacial score (nSPS) is 8.94. The zero-order valence-corrected chi connectivity index (χ0v) is 10.2. The van der Waals surface area contributed by atoms with Crippen molar-refractivity contribution in [3.8, 4) is 5.75 Å². The van der Waals surface area contributed by atoms with Gasteiger partial charge in [0, 0.05) is 11.1 Å². The molecule has 0 bridgehead atoms. The molecule has 0 saturated carbocycles. The maximum atomic E-state index is 10.1. The van der Waals surface area contributed by atoms with E-state index in [1.54, 1.807) is 12.1 Å². The van der Waals surface area contributed by atoms with E-state index >= 15 is 0 Å². The molecule has 18 heavy (non-hydrogen) atoms. The molecule has 2 aromatic carbocycles. The Bertz CT molecular complexity index is 524. The van der Waals surface area contributed by atoms with Crippen LogP contribution in [0.2, 0.25) is 5.02 Å². The van der Waals surface area contributed by atoms with Gasteiger partial charge in [0.25, 0.3) is 0 Å². The summed E-state index contributed by atoms with van der Waals surface area (Å²) >= 11 is 5.48. The van der Waals surface area contributed by atoms with Gasteiger partial charge in [-0.3, -0.25) is 9.59 Å². The summed E-state index contributed by atoms with van der Waals surface area (Å²) < 4.78 is 0. The molecule has 0 amide bonds. The van der Waals surface area contributed by atoms with Gasteiger partial charge in [-0.2, -0.15) is 0 Å². The average Bonchev–Trinajstić information content (AvgIpc) is 2.43. The van der Waals surface area contributed by atoms with Gasteiger partial charge in [-0.05, 0) is 18.2 Å². The van der Waals surface area contributed by atoms with Crippen molar-refractivity contribution < 1.29 is 14.7 Å². The third-order valence-corrected chi connectivity index (χ3v) is 2.35. The minimum absolute atomic E-state index is 0.00716. The number of halogens is 1. The molecular weight excluding hydrogens is 252 g/mol. The van der Waals surface area contributed by atoms with E-state index in [9.17, 15) is 9.59 Å². The largest absolute Gasteiger partial charge is 0.506 e. The van der Waals surface area contributed by atoms with E-state index < -0.39 is 0 Å². The second-order valence-corrected chi connectivity index (χ2v) is 3.76. The Hall–Kier alpha value is -2.13. The van der Waals surface area contributed by atoms with Crippen LogP contribution < -0.4 is 0 Å². The van der Waals surface area contributed by atoms with Crippen LogP contribution >= 0.6 is 11.6 Å². The van der Waals surface area contributed by atoms with Crippen LogP contribution in [0.15, 0.2) is 48.5 Å². The molecule has 0 unspecified atom stereocenters. The van der Waals surface area contributed by atoms with Gasteiger partial charge < -0.3 is 5.11 Å². The van der Waals surface area contributed by atoms with Gasteiger partial charge in [0.15, 0.2) is 0 Å². The summed E-state index contributed by atoms with van der Waals surface area (Å²) in [5.41, 5.74) is 1.19. The highest BCUT2D eigenvalue weighted by molar-refractivity contribution is 6.32. The summed E-state index contributed by atoms with van der Waals surface area (Å²) in [5.74, 6) is -0.00716. The van der Waals surface area contributed by atoms with E-state index in [0.717, 1.165) is 11.8 Å². The highest BCUT2D eigenvalue weighted by Crippen LogP contribution is 2.22. The first kappa shape index (κ1) is 13.9. The predicted molar refractivity (Wildman–Crippen MR) is 70.3 cm³/mol. The molecule has 2 aromatic rings. The molecule has 92 valence electrons. The fraction of sp³-hybridized carbons (Fsp3) is 0. The molecule has 3 nitrogen and oxygen atoms in total. The molecule has 0 fully saturated rings. The summed E-state index contributed by atoms with van der Waals surface area (Å²) in [5, 5.41) is 9.09. The van der Waals surface area contributed by atoms with E-state index in [-0.39, 0.29) is 10.8 Å². The number of hydrogen-bond donors (Lipinski definition) is 1. The van der Waals surface area contributed by atoms with Crippen molar-refractivity contribution in [1.82, 2.24) is 0 Å².